The highest BCUT2D eigenvalue weighted by molar-refractivity contribution is 7.99. The number of carbonyl (C=O) groups excluding carboxylic acids is 2. The van der Waals surface area contributed by atoms with Crippen LogP contribution in [-0.2, 0) is 4.79 Å². The zero-order valence-corrected chi connectivity index (χ0v) is 14.6. The molecule has 0 aromatic heterocycles. The number of halogens is 1. The molecule has 2 N–H and O–H groups in total. The Morgan fingerprint density at radius 2 is 1.78 bits per heavy atom. The van der Waals surface area contributed by atoms with Gasteiger partial charge in [-0.05, 0) is 43.5 Å². The number of benzene rings is 1. The van der Waals surface area contributed by atoms with Crippen LogP contribution in [0.2, 0.25) is 5.02 Å². The second-order valence-electron chi connectivity index (χ2n) is 5.35. The van der Waals surface area contributed by atoms with Crippen molar-refractivity contribution in [1.29, 1.82) is 0 Å². The number of carbonyl (C=O) groups is 2. The van der Waals surface area contributed by atoms with Crippen LogP contribution in [0.5, 0.6) is 0 Å². The second-order valence-corrected chi connectivity index (χ2v) is 6.96. The Kier molecular flexibility index (Phi) is 7.55. The maximum Gasteiger partial charge on any atom is 0.315 e. The van der Waals surface area contributed by atoms with Crippen molar-refractivity contribution in [2.24, 2.45) is 0 Å². The summed E-state index contributed by atoms with van der Waals surface area (Å²) in [7, 11) is 0. The van der Waals surface area contributed by atoms with Crippen LogP contribution in [0.15, 0.2) is 29.2 Å². The maximum atomic E-state index is 11.9. The van der Waals surface area contributed by atoms with E-state index in [2.05, 4.69) is 10.6 Å². The second kappa shape index (κ2) is 9.67. The van der Waals surface area contributed by atoms with Crippen molar-refractivity contribution in [3.8, 4) is 0 Å². The molecule has 0 atom stereocenters. The predicted molar refractivity (Wildman–Crippen MR) is 94.0 cm³/mol. The normalized spacial score (nSPS) is 14.4. The van der Waals surface area contributed by atoms with E-state index in [1.807, 2.05) is 29.2 Å². The summed E-state index contributed by atoms with van der Waals surface area (Å²) in [4.78, 5) is 26.5. The molecule has 0 aliphatic carbocycles. The van der Waals surface area contributed by atoms with Gasteiger partial charge in [-0.2, -0.15) is 0 Å². The van der Waals surface area contributed by atoms with E-state index in [-0.39, 0.29) is 18.5 Å². The third-order valence-electron chi connectivity index (χ3n) is 3.58. The van der Waals surface area contributed by atoms with Gasteiger partial charge < -0.3 is 15.5 Å². The van der Waals surface area contributed by atoms with Gasteiger partial charge in [0.2, 0.25) is 5.91 Å². The molecule has 1 heterocycles. The van der Waals surface area contributed by atoms with Gasteiger partial charge in [0, 0.05) is 35.3 Å². The monoisotopic (exact) mass is 355 g/mol. The smallest absolute Gasteiger partial charge is 0.315 e. The highest BCUT2D eigenvalue weighted by Crippen LogP contribution is 2.19. The summed E-state index contributed by atoms with van der Waals surface area (Å²) in [5, 5.41) is 6.09. The molecule has 1 fully saturated rings. The summed E-state index contributed by atoms with van der Waals surface area (Å²) in [5.41, 5.74) is 0. The Balaban J connectivity index is 1.56. The molecule has 0 bridgehead atoms. The van der Waals surface area contributed by atoms with Gasteiger partial charge in [0.15, 0.2) is 0 Å². The van der Waals surface area contributed by atoms with Gasteiger partial charge in [-0.3, -0.25) is 4.79 Å². The van der Waals surface area contributed by atoms with Crippen molar-refractivity contribution in [2.45, 2.75) is 24.2 Å². The molecule has 1 aromatic carbocycles. The number of thioether (sulfide) groups is 1. The Bertz CT molecular complexity index is 519. The Morgan fingerprint density at radius 1 is 1.09 bits per heavy atom. The number of urea groups is 1. The standard InChI is InChI=1S/C16H22ClN3O2S/c17-13-4-6-14(7-5-13)23-11-8-18-16(22)19-12-15(21)20-9-2-1-3-10-20/h4-7H,1-3,8-12H2,(H2,18,19,22). The van der Waals surface area contributed by atoms with Gasteiger partial charge in [-0.25, -0.2) is 4.79 Å². The zero-order valence-electron chi connectivity index (χ0n) is 13.0. The van der Waals surface area contributed by atoms with Gasteiger partial charge >= 0.3 is 6.03 Å². The van der Waals surface area contributed by atoms with Crippen LogP contribution in [0.4, 0.5) is 4.79 Å². The lowest BCUT2D eigenvalue weighted by molar-refractivity contribution is -0.130. The molecule has 1 aliphatic rings. The summed E-state index contributed by atoms with van der Waals surface area (Å²) in [5.74, 6) is 0.755. The number of nitrogens with zero attached hydrogens (tertiary/aromatic N) is 1. The molecule has 5 nitrogen and oxygen atoms in total. The molecule has 1 aliphatic heterocycles. The summed E-state index contributed by atoms with van der Waals surface area (Å²) < 4.78 is 0. The minimum absolute atomic E-state index is 0.00427. The number of hydrogen-bond donors (Lipinski definition) is 2. The average Bonchev–Trinajstić information content (AvgIpc) is 2.59. The molecule has 1 aromatic rings. The number of hydrogen-bond acceptors (Lipinski definition) is 3. The molecule has 1 saturated heterocycles. The van der Waals surface area contributed by atoms with E-state index < -0.39 is 0 Å². The fourth-order valence-corrected chi connectivity index (χ4v) is 3.23. The molecule has 0 saturated carbocycles. The van der Waals surface area contributed by atoms with Crippen molar-refractivity contribution in [2.75, 3.05) is 31.9 Å². The molecular weight excluding hydrogens is 334 g/mol. The van der Waals surface area contributed by atoms with Crippen molar-refractivity contribution >= 4 is 35.3 Å². The fraction of sp³-hybridized carbons (Fsp3) is 0.500. The van der Waals surface area contributed by atoms with E-state index in [4.69, 9.17) is 11.6 Å². The van der Waals surface area contributed by atoms with Crippen molar-refractivity contribution in [1.82, 2.24) is 15.5 Å². The molecule has 3 amide bonds. The van der Waals surface area contributed by atoms with Crippen LogP contribution in [0.1, 0.15) is 19.3 Å². The maximum absolute atomic E-state index is 11.9. The minimum atomic E-state index is -0.299. The highest BCUT2D eigenvalue weighted by Gasteiger charge is 2.16. The first kappa shape index (κ1) is 17.9. The van der Waals surface area contributed by atoms with Crippen LogP contribution in [0, 0.1) is 0 Å². The van der Waals surface area contributed by atoms with Crippen LogP contribution in [0.25, 0.3) is 0 Å². The topological polar surface area (TPSA) is 61.4 Å². The number of piperidine rings is 1. The molecule has 7 heteroatoms. The van der Waals surface area contributed by atoms with Crippen molar-refractivity contribution in [3.05, 3.63) is 29.3 Å². The van der Waals surface area contributed by atoms with Gasteiger partial charge in [-0.1, -0.05) is 11.6 Å². The fourth-order valence-electron chi connectivity index (χ4n) is 2.34. The molecule has 0 unspecified atom stereocenters. The Hall–Kier alpha value is -1.40. The summed E-state index contributed by atoms with van der Waals surface area (Å²) in [6, 6.07) is 7.29. The largest absolute Gasteiger partial charge is 0.341 e. The third-order valence-corrected chi connectivity index (χ3v) is 4.84. The van der Waals surface area contributed by atoms with Crippen LogP contribution in [0.3, 0.4) is 0 Å². The van der Waals surface area contributed by atoms with Gasteiger partial charge in [0.1, 0.15) is 0 Å². The minimum Gasteiger partial charge on any atom is -0.341 e. The van der Waals surface area contributed by atoms with Crippen LogP contribution < -0.4 is 10.6 Å². The lowest BCUT2D eigenvalue weighted by atomic mass is 10.1. The van der Waals surface area contributed by atoms with E-state index in [1.165, 1.54) is 6.42 Å². The summed E-state index contributed by atoms with van der Waals surface area (Å²) in [6.45, 7) is 2.22. The molecule has 2 rings (SSSR count). The van der Waals surface area contributed by atoms with Crippen LogP contribution in [-0.4, -0.2) is 48.8 Å². The van der Waals surface area contributed by atoms with E-state index in [0.717, 1.165) is 36.6 Å². The van der Waals surface area contributed by atoms with E-state index in [0.29, 0.717) is 11.6 Å². The zero-order chi connectivity index (χ0) is 16.5. The highest BCUT2D eigenvalue weighted by atomic mass is 35.5. The van der Waals surface area contributed by atoms with Gasteiger partial charge in [0.25, 0.3) is 0 Å². The Morgan fingerprint density at radius 3 is 2.48 bits per heavy atom. The van der Waals surface area contributed by atoms with E-state index in [1.54, 1.807) is 11.8 Å². The lowest BCUT2D eigenvalue weighted by Gasteiger charge is -2.26. The molecule has 0 radical (unpaired) electrons. The molecule has 23 heavy (non-hydrogen) atoms. The van der Waals surface area contributed by atoms with Crippen molar-refractivity contribution < 1.29 is 9.59 Å². The molecular formula is C16H22ClN3O2S. The third kappa shape index (κ3) is 6.71. The average molecular weight is 356 g/mol. The SMILES string of the molecule is O=C(NCCSc1ccc(Cl)cc1)NCC(=O)N1CCCCC1. The van der Waals surface area contributed by atoms with Gasteiger partial charge in [-0.15, -0.1) is 11.8 Å². The predicted octanol–water partition coefficient (Wildman–Crippen LogP) is 2.74. The van der Waals surface area contributed by atoms with Crippen molar-refractivity contribution in [3.63, 3.8) is 0 Å². The first-order valence-corrected chi connectivity index (χ1v) is 9.19. The summed E-state index contributed by atoms with van der Waals surface area (Å²) >= 11 is 7.47. The number of likely N-dealkylation sites (tertiary alicyclic amines) is 1. The number of amides is 3. The molecule has 0 spiro atoms. The van der Waals surface area contributed by atoms with Gasteiger partial charge in [0.05, 0.1) is 6.54 Å². The first-order chi connectivity index (χ1) is 11.1. The number of rotatable bonds is 6. The van der Waals surface area contributed by atoms with E-state index >= 15 is 0 Å². The van der Waals surface area contributed by atoms with E-state index in [9.17, 15) is 9.59 Å². The quantitative estimate of drug-likeness (QED) is 0.609. The van der Waals surface area contributed by atoms with Crippen LogP contribution >= 0.6 is 23.4 Å². The lowest BCUT2D eigenvalue weighted by Crippen LogP contribution is -2.45. The number of nitrogens with one attached hydrogen (secondary N) is 2. The molecule has 126 valence electrons. The Labute approximate surface area is 146 Å². The summed E-state index contributed by atoms with van der Waals surface area (Å²) in [6.07, 6.45) is 3.29. The first-order valence-electron chi connectivity index (χ1n) is 7.83.